The minimum absolute atomic E-state index is 0.699. The lowest BCUT2D eigenvalue weighted by molar-refractivity contribution is 0.454. The second-order valence-corrected chi connectivity index (χ2v) is 7.43. The van der Waals surface area contributed by atoms with Crippen molar-refractivity contribution < 1.29 is 0 Å². The molecule has 0 unspecified atom stereocenters. The van der Waals surface area contributed by atoms with E-state index in [2.05, 4.69) is 45.6 Å². The van der Waals surface area contributed by atoms with E-state index in [1.807, 2.05) is 11.3 Å². The van der Waals surface area contributed by atoms with Crippen LogP contribution in [0.15, 0.2) is 34.1 Å². The van der Waals surface area contributed by atoms with Crippen LogP contribution in [0.25, 0.3) is 11.3 Å². The van der Waals surface area contributed by atoms with Crippen LogP contribution in [0.4, 0.5) is 0 Å². The van der Waals surface area contributed by atoms with Gasteiger partial charge in [0.25, 0.3) is 0 Å². The normalized spacial score (nSPS) is 17.6. The van der Waals surface area contributed by atoms with E-state index in [0.717, 1.165) is 10.2 Å². The van der Waals surface area contributed by atoms with Crippen molar-refractivity contribution in [2.45, 2.75) is 50.9 Å². The number of thiazole rings is 1. The van der Waals surface area contributed by atoms with Gasteiger partial charge in [0, 0.05) is 21.3 Å². The first-order valence-electron chi connectivity index (χ1n) is 7.54. The van der Waals surface area contributed by atoms with E-state index in [0.29, 0.717) is 5.92 Å². The highest BCUT2D eigenvalue weighted by Gasteiger charge is 2.17. The fourth-order valence-electron chi connectivity index (χ4n) is 2.93. The molecule has 3 heteroatoms. The van der Waals surface area contributed by atoms with Crippen molar-refractivity contribution in [3.8, 4) is 11.3 Å². The van der Waals surface area contributed by atoms with Gasteiger partial charge in [-0.25, -0.2) is 4.98 Å². The molecule has 3 rings (SSSR count). The first-order valence-corrected chi connectivity index (χ1v) is 9.21. The van der Waals surface area contributed by atoms with E-state index >= 15 is 0 Å². The van der Waals surface area contributed by atoms with Crippen LogP contribution >= 0.6 is 27.3 Å². The molecular formula is C17H20BrNS. The standard InChI is InChI=1S/C17H20BrNS/c18-15-10-8-13(9-11-15)16-12-20-17(19-16)14-6-4-2-1-3-5-7-14/h8-12,14H,1-7H2. The van der Waals surface area contributed by atoms with Crippen LogP contribution in [-0.4, -0.2) is 4.98 Å². The quantitative estimate of drug-likeness (QED) is 0.611. The Hall–Kier alpha value is -0.670. The molecule has 20 heavy (non-hydrogen) atoms. The number of aromatic nitrogens is 1. The van der Waals surface area contributed by atoms with Gasteiger partial charge in [-0.05, 0) is 25.0 Å². The molecule has 0 aliphatic heterocycles. The second kappa shape index (κ2) is 6.86. The van der Waals surface area contributed by atoms with Gasteiger partial charge >= 0.3 is 0 Å². The molecule has 0 N–H and O–H groups in total. The Bertz CT molecular complexity index is 538. The average molecular weight is 350 g/mol. The van der Waals surface area contributed by atoms with Gasteiger partial charge in [-0.2, -0.15) is 0 Å². The van der Waals surface area contributed by atoms with E-state index in [1.165, 1.54) is 55.5 Å². The van der Waals surface area contributed by atoms with Gasteiger partial charge in [-0.15, -0.1) is 11.3 Å². The third-order valence-corrected chi connectivity index (χ3v) is 5.65. The molecule has 0 atom stereocenters. The van der Waals surface area contributed by atoms with Gasteiger partial charge in [0.15, 0.2) is 0 Å². The Balaban J connectivity index is 1.76. The number of hydrogen-bond acceptors (Lipinski definition) is 2. The molecule has 0 bridgehead atoms. The molecular weight excluding hydrogens is 330 g/mol. The molecule has 0 amide bonds. The molecule has 1 saturated carbocycles. The predicted octanol–water partition coefficient (Wildman–Crippen LogP) is 6.40. The van der Waals surface area contributed by atoms with Gasteiger partial charge in [0.2, 0.25) is 0 Å². The minimum Gasteiger partial charge on any atom is -0.241 e. The van der Waals surface area contributed by atoms with E-state index in [9.17, 15) is 0 Å². The Morgan fingerprint density at radius 2 is 1.60 bits per heavy atom. The molecule has 1 aliphatic carbocycles. The Labute approximate surface area is 133 Å². The number of nitrogens with zero attached hydrogens (tertiary/aromatic N) is 1. The van der Waals surface area contributed by atoms with E-state index in [4.69, 9.17) is 4.98 Å². The molecule has 0 radical (unpaired) electrons. The Morgan fingerprint density at radius 3 is 2.30 bits per heavy atom. The fraction of sp³-hybridized carbons (Fsp3) is 0.471. The smallest absolute Gasteiger partial charge is 0.0963 e. The van der Waals surface area contributed by atoms with Crippen LogP contribution in [0, 0.1) is 0 Å². The summed E-state index contributed by atoms with van der Waals surface area (Å²) in [6.45, 7) is 0. The molecule has 1 aromatic carbocycles. The fourth-order valence-corrected chi connectivity index (χ4v) is 4.20. The molecule has 1 heterocycles. The minimum atomic E-state index is 0.699. The highest BCUT2D eigenvalue weighted by atomic mass is 79.9. The van der Waals surface area contributed by atoms with Crippen LogP contribution in [-0.2, 0) is 0 Å². The third-order valence-electron chi connectivity index (χ3n) is 4.12. The van der Waals surface area contributed by atoms with E-state index in [1.54, 1.807) is 0 Å². The molecule has 2 aromatic rings. The molecule has 1 fully saturated rings. The summed E-state index contributed by atoms with van der Waals surface area (Å²) in [4.78, 5) is 4.91. The van der Waals surface area contributed by atoms with Crippen molar-refractivity contribution in [3.05, 3.63) is 39.1 Å². The van der Waals surface area contributed by atoms with Crippen molar-refractivity contribution >= 4 is 27.3 Å². The number of halogens is 1. The topological polar surface area (TPSA) is 12.9 Å². The summed E-state index contributed by atoms with van der Waals surface area (Å²) in [5.41, 5.74) is 2.36. The lowest BCUT2D eigenvalue weighted by atomic mass is 9.92. The van der Waals surface area contributed by atoms with Gasteiger partial charge in [-0.1, -0.05) is 60.2 Å². The van der Waals surface area contributed by atoms with Gasteiger partial charge in [0.1, 0.15) is 0 Å². The maximum absolute atomic E-state index is 4.91. The molecule has 1 nitrogen and oxygen atoms in total. The number of rotatable bonds is 2. The maximum Gasteiger partial charge on any atom is 0.0963 e. The highest BCUT2D eigenvalue weighted by molar-refractivity contribution is 9.10. The van der Waals surface area contributed by atoms with Crippen LogP contribution in [0.2, 0.25) is 0 Å². The average Bonchev–Trinajstić information content (AvgIpc) is 2.89. The monoisotopic (exact) mass is 349 g/mol. The van der Waals surface area contributed by atoms with Gasteiger partial charge in [-0.3, -0.25) is 0 Å². The molecule has 1 aromatic heterocycles. The van der Waals surface area contributed by atoms with Gasteiger partial charge in [0.05, 0.1) is 10.7 Å². The lowest BCUT2D eigenvalue weighted by Gasteiger charge is -2.17. The van der Waals surface area contributed by atoms with Crippen LogP contribution in [0.3, 0.4) is 0 Å². The zero-order chi connectivity index (χ0) is 13.8. The summed E-state index contributed by atoms with van der Waals surface area (Å²) < 4.78 is 1.12. The highest BCUT2D eigenvalue weighted by Crippen LogP contribution is 2.34. The SMILES string of the molecule is Brc1ccc(-c2csc(C3CCCCCCC3)n2)cc1. The van der Waals surface area contributed by atoms with Crippen LogP contribution < -0.4 is 0 Å². The Kier molecular flexibility index (Phi) is 4.90. The third kappa shape index (κ3) is 3.50. The Morgan fingerprint density at radius 1 is 0.950 bits per heavy atom. The maximum atomic E-state index is 4.91. The van der Waals surface area contributed by atoms with Crippen molar-refractivity contribution in [2.24, 2.45) is 0 Å². The zero-order valence-corrected chi connectivity index (χ0v) is 14.0. The summed E-state index contributed by atoms with van der Waals surface area (Å²) in [6, 6.07) is 8.45. The molecule has 1 aliphatic rings. The first-order chi connectivity index (χ1) is 9.83. The second-order valence-electron chi connectivity index (χ2n) is 5.62. The summed E-state index contributed by atoms with van der Waals surface area (Å²) in [6.07, 6.45) is 9.63. The van der Waals surface area contributed by atoms with Crippen molar-refractivity contribution in [1.29, 1.82) is 0 Å². The molecule has 106 valence electrons. The summed E-state index contributed by atoms with van der Waals surface area (Å²) in [5, 5.41) is 3.57. The van der Waals surface area contributed by atoms with E-state index < -0.39 is 0 Å². The van der Waals surface area contributed by atoms with Crippen molar-refractivity contribution in [1.82, 2.24) is 4.98 Å². The number of hydrogen-bond donors (Lipinski definition) is 0. The van der Waals surface area contributed by atoms with Gasteiger partial charge < -0.3 is 0 Å². The van der Waals surface area contributed by atoms with Crippen molar-refractivity contribution in [2.75, 3.05) is 0 Å². The van der Waals surface area contributed by atoms with Crippen LogP contribution in [0.1, 0.15) is 55.9 Å². The largest absolute Gasteiger partial charge is 0.241 e. The first kappa shape index (κ1) is 14.3. The predicted molar refractivity (Wildman–Crippen MR) is 90.3 cm³/mol. The molecule has 0 spiro atoms. The van der Waals surface area contributed by atoms with E-state index in [-0.39, 0.29) is 0 Å². The molecule has 0 saturated heterocycles. The summed E-state index contributed by atoms with van der Waals surface area (Å²) in [7, 11) is 0. The van der Waals surface area contributed by atoms with Crippen LogP contribution in [0.5, 0.6) is 0 Å². The summed E-state index contributed by atoms with van der Waals surface area (Å²) >= 11 is 5.33. The lowest BCUT2D eigenvalue weighted by Crippen LogP contribution is -2.01. The summed E-state index contributed by atoms with van der Waals surface area (Å²) in [5.74, 6) is 0.699. The zero-order valence-electron chi connectivity index (χ0n) is 11.6. The van der Waals surface area contributed by atoms with Crippen molar-refractivity contribution in [3.63, 3.8) is 0 Å². The number of benzene rings is 1.